The molecule has 0 aromatic carbocycles. The molecule has 0 bridgehead atoms. The fourth-order valence-electron chi connectivity index (χ4n) is 5.45. The lowest BCUT2D eigenvalue weighted by Crippen LogP contribution is -2.25. The summed E-state index contributed by atoms with van der Waals surface area (Å²) in [5.74, 6) is -0.563. The van der Waals surface area contributed by atoms with E-state index in [1.165, 1.54) is 32.1 Å². The molecular weight excluding hydrogens is 560 g/mol. The van der Waals surface area contributed by atoms with Gasteiger partial charge in [0.2, 0.25) is 0 Å². The summed E-state index contributed by atoms with van der Waals surface area (Å²) in [4.78, 5) is 36.3. The molecule has 1 rings (SSSR count). The summed E-state index contributed by atoms with van der Waals surface area (Å²) in [5.41, 5.74) is 0. The van der Waals surface area contributed by atoms with E-state index in [0.29, 0.717) is 32.1 Å². The average Bonchev–Trinajstić information content (AvgIpc) is 3.27. The van der Waals surface area contributed by atoms with Gasteiger partial charge in [0.05, 0.1) is 12.2 Å². The van der Waals surface area contributed by atoms with Crippen LogP contribution in [0.5, 0.6) is 0 Å². The molecule has 0 aromatic heterocycles. The zero-order chi connectivity index (χ0) is 32.6. The lowest BCUT2D eigenvalue weighted by molar-refractivity contribution is -0.152. The number of hydrogen-bond acceptors (Lipinski definition) is 8. The molecule has 1 saturated carbocycles. The number of esters is 2. The van der Waals surface area contributed by atoms with Crippen molar-refractivity contribution in [2.45, 2.75) is 155 Å². The van der Waals surface area contributed by atoms with Gasteiger partial charge in [-0.15, -0.1) is 0 Å². The van der Waals surface area contributed by atoms with Crippen LogP contribution in [0.1, 0.15) is 136 Å². The molecule has 1 aliphatic rings. The lowest BCUT2D eigenvalue weighted by Gasteiger charge is -2.17. The molecule has 0 saturated heterocycles. The van der Waals surface area contributed by atoms with Gasteiger partial charge in [0.25, 0.3) is 0 Å². The number of ketones is 1. The van der Waals surface area contributed by atoms with Crippen LogP contribution in [-0.4, -0.2) is 64.6 Å². The summed E-state index contributed by atoms with van der Waals surface area (Å²) in [6, 6.07) is 0. The van der Waals surface area contributed by atoms with Crippen LogP contribution < -0.4 is 0 Å². The summed E-state index contributed by atoms with van der Waals surface area (Å²) in [6.45, 7) is 6.24. The highest BCUT2D eigenvalue weighted by molar-refractivity contribution is 5.86. The van der Waals surface area contributed by atoms with Crippen molar-refractivity contribution in [2.24, 2.45) is 17.8 Å². The molecule has 0 aromatic rings. The van der Waals surface area contributed by atoms with Crippen LogP contribution in [0, 0.1) is 17.8 Å². The van der Waals surface area contributed by atoms with Gasteiger partial charge in [-0.1, -0.05) is 109 Å². The highest BCUT2D eigenvalue weighted by atomic mass is 16.6. The first-order valence-corrected chi connectivity index (χ1v) is 17.4. The van der Waals surface area contributed by atoms with E-state index < -0.39 is 30.2 Å². The minimum Gasteiger partial charge on any atom is -0.463 e. The van der Waals surface area contributed by atoms with Crippen LogP contribution in [0.15, 0.2) is 24.3 Å². The molecule has 0 radical (unpaired) electrons. The molecule has 8 heteroatoms. The highest BCUT2D eigenvalue weighted by Crippen LogP contribution is 2.33. The smallest absolute Gasteiger partial charge is 0.305 e. The lowest BCUT2D eigenvalue weighted by atomic mass is 9.90. The quantitative estimate of drug-likeness (QED) is 0.0547. The van der Waals surface area contributed by atoms with Crippen molar-refractivity contribution in [2.75, 3.05) is 13.2 Å². The maximum Gasteiger partial charge on any atom is 0.305 e. The molecule has 44 heavy (non-hydrogen) atoms. The Bertz CT molecular complexity index is 838. The van der Waals surface area contributed by atoms with Crippen molar-refractivity contribution in [3.05, 3.63) is 24.3 Å². The second kappa shape index (κ2) is 25.2. The third-order valence-electron chi connectivity index (χ3n) is 8.61. The van der Waals surface area contributed by atoms with Crippen LogP contribution >= 0.6 is 0 Å². The van der Waals surface area contributed by atoms with Gasteiger partial charge in [-0.2, -0.15) is 0 Å². The predicted molar refractivity (Wildman–Crippen MR) is 174 cm³/mol. The summed E-state index contributed by atoms with van der Waals surface area (Å²) < 4.78 is 10.2. The van der Waals surface area contributed by atoms with Gasteiger partial charge >= 0.3 is 11.9 Å². The molecule has 0 heterocycles. The van der Waals surface area contributed by atoms with Gasteiger partial charge < -0.3 is 24.8 Å². The monoisotopic (exact) mass is 622 g/mol. The molecule has 0 aliphatic heterocycles. The third-order valence-corrected chi connectivity index (χ3v) is 8.61. The number of aliphatic hydroxyl groups excluding tert-OH is 3. The molecule has 1 aliphatic carbocycles. The number of carbonyl (C=O) groups excluding carboxylic acids is 3. The SMILES string of the molecule is CCCCC[C@H](O)/C=C/[C@H]1C(=O)C[C@H](O)[C@@H]1C/C=C\CCCC(=O)OC[C@@H](O)COC(=O)CCCCCCCCC(C)CC. The molecule has 8 nitrogen and oxygen atoms in total. The normalized spacial score (nSPS) is 20.8. The van der Waals surface area contributed by atoms with E-state index in [2.05, 4.69) is 20.8 Å². The van der Waals surface area contributed by atoms with E-state index in [4.69, 9.17) is 9.47 Å². The van der Waals surface area contributed by atoms with E-state index in [9.17, 15) is 29.7 Å². The molecule has 254 valence electrons. The summed E-state index contributed by atoms with van der Waals surface area (Å²) in [7, 11) is 0. The molecule has 6 atom stereocenters. The maximum absolute atomic E-state index is 12.4. The Kier molecular flexibility index (Phi) is 22.9. The van der Waals surface area contributed by atoms with E-state index in [1.54, 1.807) is 12.2 Å². The van der Waals surface area contributed by atoms with Crippen LogP contribution in [0.4, 0.5) is 0 Å². The third kappa shape index (κ3) is 19.4. The van der Waals surface area contributed by atoms with Gasteiger partial charge in [0.1, 0.15) is 25.1 Å². The Balaban J connectivity index is 2.13. The second-order valence-corrected chi connectivity index (χ2v) is 12.7. The molecular formula is C36H62O8. The second-order valence-electron chi connectivity index (χ2n) is 12.7. The number of unbranched alkanes of at least 4 members (excludes halogenated alkanes) is 8. The number of carbonyl (C=O) groups is 3. The van der Waals surface area contributed by atoms with Crippen LogP contribution in [-0.2, 0) is 23.9 Å². The van der Waals surface area contributed by atoms with E-state index in [0.717, 1.165) is 44.4 Å². The Morgan fingerprint density at radius 3 is 2.14 bits per heavy atom. The number of aliphatic hydroxyl groups is 3. The zero-order valence-corrected chi connectivity index (χ0v) is 27.8. The van der Waals surface area contributed by atoms with E-state index in [-0.39, 0.29) is 43.7 Å². The first-order valence-electron chi connectivity index (χ1n) is 17.4. The van der Waals surface area contributed by atoms with Crippen LogP contribution in [0.25, 0.3) is 0 Å². The highest BCUT2D eigenvalue weighted by Gasteiger charge is 2.39. The molecule has 0 spiro atoms. The minimum absolute atomic E-state index is 0.00108. The number of rotatable bonds is 26. The zero-order valence-electron chi connectivity index (χ0n) is 27.8. The summed E-state index contributed by atoms with van der Waals surface area (Å²) in [6.07, 6.45) is 20.3. The summed E-state index contributed by atoms with van der Waals surface area (Å²) >= 11 is 0. The molecule has 1 fully saturated rings. The van der Waals surface area contributed by atoms with E-state index >= 15 is 0 Å². The average molecular weight is 623 g/mol. The predicted octanol–water partition coefficient (Wildman–Crippen LogP) is 6.78. The summed E-state index contributed by atoms with van der Waals surface area (Å²) in [5, 5.41) is 30.5. The number of ether oxygens (including phenoxy) is 2. The van der Waals surface area contributed by atoms with Crippen molar-refractivity contribution >= 4 is 17.7 Å². The van der Waals surface area contributed by atoms with Gasteiger partial charge in [0.15, 0.2) is 0 Å². The van der Waals surface area contributed by atoms with Crippen LogP contribution in [0.3, 0.4) is 0 Å². The van der Waals surface area contributed by atoms with Gasteiger partial charge in [0, 0.05) is 31.1 Å². The van der Waals surface area contributed by atoms with Crippen LogP contribution in [0.2, 0.25) is 0 Å². The molecule has 0 amide bonds. The maximum atomic E-state index is 12.4. The molecule has 1 unspecified atom stereocenters. The van der Waals surface area contributed by atoms with Gasteiger partial charge in [-0.05, 0) is 38.0 Å². The molecule has 3 N–H and O–H groups in total. The Morgan fingerprint density at radius 1 is 0.864 bits per heavy atom. The van der Waals surface area contributed by atoms with Gasteiger partial charge in [-0.25, -0.2) is 0 Å². The van der Waals surface area contributed by atoms with E-state index in [1.807, 2.05) is 12.2 Å². The Labute approximate surface area is 266 Å². The minimum atomic E-state index is -1.05. The largest absolute Gasteiger partial charge is 0.463 e. The number of hydrogen-bond donors (Lipinski definition) is 3. The fraction of sp³-hybridized carbons (Fsp3) is 0.806. The standard InChI is InChI=1S/C36H62O8/c1-4-6-13-19-29(37)23-24-32-31(33(39)25-34(32)40)20-15-11-12-17-22-36(42)44-27-30(38)26-43-35(41)21-16-10-8-7-9-14-18-28(3)5-2/h11,15,23-24,28-33,37-39H,4-10,12-14,16-22,25-27H2,1-3H3/b15-11-,24-23+/t28?,29-,30-,31+,32+,33-/m0/s1. The van der Waals surface area contributed by atoms with Crippen molar-refractivity contribution < 1.29 is 39.2 Å². The van der Waals surface area contributed by atoms with Gasteiger partial charge in [-0.3, -0.25) is 14.4 Å². The van der Waals surface area contributed by atoms with Crippen molar-refractivity contribution in [1.82, 2.24) is 0 Å². The van der Waals surface area contributed by atoms with Crippen molar-refractivity contribution in [3.63, 3.8) is 0 Å². The topological polar surface area (TPSA) is 130 Å². The fourth-order valence-corrected chi connectivity index (χ4v) is 5.45. The Morgan fingerprint density at radius 2 is 1.48 bits per heavy atom. The van der Waals surface area contributed by atoms with Crippen molar-refractivity contribution in [3.8, 4) is 0 Å². The number of Topliss-reactive ketones (excluding diaryl/α,β-unsaturated/α-hetero) is 1. The number of allylic oxidation sites excluding steroid dienone is 3. The Hall–Kier alpha value is -2.03. The first-order chi connectivity index (χ1) is 21.2. The van der Waals surface area contributed by atoms with Crippen molar-refractivity contribution in [1.29, 1.82) is 0 Å². The first kappa shape index (κ1) is 40.0.